The minimum absolute atomic E-state index is 0.0499. The van der Waals surface area contributed by atoms with E-state index in [-0.39, 0.29) is 11.7 Å². The van der Waals surface area contributed by atoms with Gasteiger partial charge < -0.3 is 16.0 Å². The first kappa shape index (κ1) is 26.3. The molecule has 1 amide bonds. The Balaban J connectivity index is 1.33. The van der Waals surface area contributed by atoms with Gasteiger partial charge >= 0.3 is 0 Å². The zero-order valence-corrected chi connectivity index (χ0v) is 22.3. The summed E-state index contributed by atoms with van der Waals surface area (Å²) in [5.41, 5.74) is 15.8. The SMILES string of the molecule is CCCCc1nc2c(N)nc3cccnc3c2n1CCCCC1(C(N)=O)C=CC(C(=O)c2ccccc2)=CC1. The normalized spacial score (nSPS) is 17.0. The van der Waals surface area contributed by atoms with Gasteiger partial charge in [-0.25, -0.2) is 9.97 Å². The first-order chi connectivity index (χ1) is 18.9. The van der Waals surface area contributed by atoms with Crippen LogP contribution in [0.2, 0.25) is 0 Å². The number of Topliss-reactive ketones (excluding diaryl/α,β-unsaturated/α-hetero) is 1. The molecular weight excluding hydrogens is 488 g/mol. The Bertz CT molecular complexity index is 1590. The molecule has 1 unspecified atom stereocenters. The number of nitrogen functional groups attached to an aromatic ring is 1. The molecule has 5 rings (SSSR count). The number of unbranched alkanes of at least 4 members (excludes halogenated alkanes) is 2. The maximum atomic E-state index is 12.8. The van der Waals surface area contributed by atoms with E-state index in [9.17, 15) is 9.59 Å². The number of imidazole rings is 1. The zero-order valence-electron chi connectivity index (χ0n) is 22.3. The van der Waals surface area contributed by atoms with E-state index in [1.807, 2.05) is 42.5 Å². The molecule has 0 saturated carbocycles. The van der Waals surface area contributed by atoms with Crippen molar-refractivity contribution in [3.05, 3.63) is 83.9 Å². The highest BCUT2D eigenvalue weighted by atomic mass is 16.1. The van der Waals surface area contributed by atoms with Crippen LogP contribution in [0.3, 0.4) is 0 Å². The average Bonchev–Trinajstić information content (AvgIpc) is 3.33. The molecular formula is C31H34N6O2. The molecule has 8 heteroatoms. The molecule has 0 spiro atoms. The lowest BCUT2D eigenvalue weighted by atomic mass is 9.75. The number of amides is 1. The quantitative estimate of drug-likeness (QED) is 0.203. The standard InChI is InChI=1S/C31H34N6O2/c1-2-3-13-24-36-26-27(25-23(35-29(26)32)12-9-19-34-25)37(24)20-8-7-16-31(30(33)39)17-14-22(15-18-31)28(38)21-10-5-4-6-11-21/h4-6,9-12,14-15,17,19H,2-3,7-8,13,16,18,20H2,1H3,(H2,32,35)(H2,33,39). The summed E-state index contributed by atoms with van der Waals surface area (Å²) >= 11 is 0. The van der Waals surface area contributed by atoms with Crippen LogP contribution in [0, 0.1) is 5.41 Å². The molecule has 1 aliphatic carbocycles. The van der Waals surface area contributed by atoms with Crippen molar-refractivity contribution in [3.8, 4) is 0 Å². The molecule has 1 atom stereocenters. The number of ketones is 1. The van der Waals surface area contributed by atoms with Crippen molar-refractivity contribution in [3.63, 3.8) is 0 Å². The van der Waals surface area contributed by atoms with Crippen LogP contribution in [0.4, 0.5) is 5.82 Å². The van der Waals surface area contributed by atoms with Crippen LogP contribution in [0.25, 0.3) is 22.1 Å². The first-order valence-electron chi connectivity index (χ1n) is 13.6. The third-order valence-electron chi connectivity index (χ3n) is 7.61. The topological polar surface area (TPSA) is 130 Å². The lowest BCUT2D eigenvalue weighted by molar-refractivity contribution is -0.125. The number of hydrogen-bond donors (Lipinski definition) is 2. The van der Waals surface area contributed by atoms with Crippen molar-refractivity contribution in [1.29, 1.82) is 0 Å². The van der Waals surface area contributed by atoms with E-state index in [4.69, 9.17) is 16.5 Å². The highest BCUT2D eigenvalue weighted by Gasteiger charge is 2.35. The summed E-state index contributed by atoms with van der Waals surface area (Å²) in [6.07, 6.45) is 12.7. The van der Waals surface area contributed by atoms with Crippen LogP contribution in [0.15, 0.2) is 72.5 Å². The Kier molecular flexibility index (Phi) is 7.54. The Morgan fingerprint density at radius 1 is 1.03 bits per heavy atom. The second-order valence-electron chi connectivity index (χ2n) is 10.2. The van der Waals surface area contributed by atoms with Gasteiger partial charge in [-0.3, -0.25) is 14.6 Å². The summed E-state index contributed by atoms with van der Waals surface area (Å²) in [5.74, 6) is 0.973. The molecule has 0 aliphatic heterocycles. The number of hydrogen-bond acceptors (Lipinski definition) is 6. The van der Waals surface area contributed by atoms with Crippen molar-refractivity contribution >= 4 is 39.6 Å². The number of aryl methyl sites for hydroxylation is 2. The van der Waals surface area contributed by atoms with Gasteiger partial charge in [0.2, 0.25) is 5.91 Å². The lowest BCUT2D eigenvalue weighted by Gasteiger charge is -2.29. The molecule has 3 heterocycles. The van der Waals surface area contributed by atoms with Gasteiger partial charge in [0.25, 0.3) is 0 Å². The fourth-order valence-electron chi connectivity index (χ4n) is 5.34. The van der Waals surface area contributed by atoms with Crippen LogP contribution in [0.1, 0.15) is 61.6 Å². The van der Waals surface area contributed by atoms with Crippen LogP contribution in [0.5, 0.6) is 0 Å². The third-order valence-corrected chi connectivity index (χ3v) is 7.61. The Hall–Kier alpha value is -4.33. The van der Waals surface area contributed by atoms with Gasteiger partial charge in [0, 0.05) is 30.3 Å². The van der Waals surface area contributed by atoms with Crippen molar-refractivity contribution in [1.82, 2.24) is 19.5 Å². The second kappa shape index (κ2) is 11.2. The van der Waals surface area contributed by atoms with Gasteiger partial charge in [0.1, 0.15) is 22.4 Å². The lowest BCUT2D eigenvalue weighted by Crippen LogP contribution is -2.36. The maximum absolute atomic E-state index is 12.8. The van der Waals surface area contributed by atoms with Gasteiger partial charge in [-0.15, -0.1) is 0 Å². The molecule has 0 bridgehead atoms. The molecule has 0 saturated heterocycles. The molecule has 8 nitrogen and oxygen atoms in total. The molecule has 3 aromatic heterocycles. The average molecular weight is 523 g/mol. The molecule has 1 aromatic carbocycles. The largest absolute Gasteiger partial charge is 0.382 e. The summed E-state index contributed by atoms with van der Waals surface area (Å²) < 4.78 is 2.22. The van der Waals surface area contributed by atoms with Crippen molar-refractivity contribution in [2.75, 3.05) is 5.73 Å². The van der Waals surface area contributed by atoms with E-state index >= 15 is 0 Å². The highest BCUT2D eigenvalue weighted by molar-refractivity contribution is 6.11. The van der Waals surface area contributed by atoms with Crippen LogP contribution >= 0.6 is 0 Å². The summed E-state index contributed by atoms with van der Waals surface area (Å²) in [6, 6.07) is 12.9. The van der Waals surface area contributed by atoms with Crippen molar-refractivity contribution in [2.24, 2.45) is 11.1 Å². The van der Waals surface area contributed by atoms with E-state index in [0.717, 1.165) is 61.0 Å². The number of benzene rings is 1. The van der Waals surface area contributed by atoms with E-state index in [1.54, 1.807) is 24.4 Å². The number of carbonyl (C=O) groups is 2. The maximum Gasteiger partial charge on any atom is 0.227 e. The minimum atomic E-state index is -0.800. The van der Waals surface area contributed by atoms with E-state index < -0.39 is 5.41 Å². The molecule has 0 radical (unpaired) electrons. The number of nitrogens with zero attached hydrogens (tertiary/aromatic N) is 4. The molecule has 0 fully saturated rings. The summed E-state index contributed by atoms with van der Waals surface area (Å²) in [6.45, 7) is 2.88. The van der Waals surface area contributed by atoms with Crippen molar-refractivity contribution < 1.29 is 9.59 Å². The van der Waals surface area contributed by atoms with Crippen LogP contribution < -0.4 is 11.5 Å². The highest BCUT2D eigenvalue weighted by Crippen LogP contribution is 2.36. The Labute approximate surface area is 227 Å². The van der Waals surface area contributed by atoms with Gasteiger partial charge in [0.05, 0.1) is 10.9 Å². The predicted octanol–water partition coefficient (Wildman–Crippen LogP) is 5.32. The fraction of sp³-hybridized carbons (Fsp3) is 0.323. The molecule has 39 heavy (non-hydrogen) atoms. The number of nitrogens with two attached hydrogens (primary N) is 2. The molecule has 1 aliphatic rings. The zero-order chi connectivity index (χ0) is 27.4. The van der Waals surface area contributed by atoms with Gasteiger partial charge in [0.15, 0.2) is 11.6 Å². The van der Waals surface area contributed by atoms with E-state index in [0.29, 0.717) is 35.3 Å². The summed E-state index contributed by atoms with van der Waals surface area (Å²) in [4.78, 5) is 39.4. The first-order valence-corrected chi connectivity index (χ1v) is 13.6. The summed E-state index contributed by atoms with van der Waals surface area (Å²) in [5, 5.41) is 0. The molecule has 4 N–H and O–H groups in total. The number of rotatable bonds is 11. The van der Waals surface area contributed by atoms with Crippen LogP contribution in [-0.2, 0) is 17.8 Å². The van der Waals surface area contributed by atoms with E-state index in [2.05, 4.69) is 21.5 Å². The Morgan fingerprint density at radius 3 is 2.56 bits per heavy atom. The van der Waals surface area contributed by atoms with E-state index in [1.165, 1.54) is 0 Å². The number of carbonyl (C=O) groups excluding carboxylic acids is 2. The van der Waals surface area contributed by atoms with Gasteiger partial charge in [-0.1, -0.05) is 68.3 Å². The molecule has 200 valence electrons. The smallest absolute Gasteiger partial charge is 0.227 e. The number of primary amides is 1. The van der Waals surface area contributed by atoms with Crippen molar-refractivity contribution in [2.45, 2.75) is 58.4 Å². The number of anilines is 1. The minimum Gasteiger partial charge on any atom is -0.382 e. The number of aromatic nitrogens is 4. The van der Waals surface area contributed by atoms with Gasteiger partial charge in [-0.2, -0.15) is 0 Å². The molecule has 4 aromatic rings. The number of allylic oxidation sites excluding steroid dienone is 3. The second-order valence-corrected chi connectivity index (χ2v) is 10.2. The van der Waals surface area contributed by atoms with Gasteiger partial charge in [-0.05, 0) is 37.8 Å². The number of fused-ring (bicyclic) bond motifs is 3. The third kappa shape index (κ3) is 5.19. The predicted molar refractivity (Wildman–Crippen MR) is 154 cm³/mol. The number of pyridine rings is 2. The fourth-order valence-corrected chi connectivity index (χ4v) is 5.34. The van der Waals surface area contributed by atoms with Crippen LogP contribution in [-0.4, -0.2) is 31.2 Å². The Morgan fingerprint density at radius 2 is 1.85 bits per heavy atom. The monoisotopic (exact) mass is 522 g/mol. The summed E-state index contributed by atoms with van der Waals surface area (Å²) in [7, 11) is 0.